The zero-order chi connectivity index (χ0) is 15.4. The molecule has 2 aromatic carbocycles. The lowest BCUT2D eigenvalue weighted by atomic mass is 10.1. The molecular formula is C15H15FN2O3. The summed E-state index contributed by atoms with van der Waals surface area (Å²) in [5.41, 5.74) is 6.70. The lowest BCUT2D eigenvalue weighted by molar-refractivity contribution is -0.385. The van der Waals surface area contributed by atoms with Crippen molar-refractivity contribution >= 4 is 5.69 Å². The highest BCUT2D eigenvalue weighted by Gasteiger charge is 2.17. The predicted octanol–water partition coefficient (Wildman–Crippen LogP) is 3.55. The summed E-state index contributed by atoms with van der Waals surface area (Å²) in [6.45, 7) is 2.06. The van der Waals surface area contributed by atoms with Gasteiger partial charge in [-0.3, -0.25) is 10.1 Å². The highest BCUT2D eigenvalue weighted by Crippen LogP contribution is 2.33. The third-order valence-corrected chi connectivity index (χ3v) is 3.02. The van der Waals surface area contributed by atoms with Crippen LogP contribution in [0.4, 0.5) is 10.1 Å². The summed E-state index contributed by atoms with van der Waals surface area (Å²) in [6, 6.07) is 8.73. The second-order valence-electron chi connectivity index (χ2n) is 4.51. The molecule has 2 aromatic rings. The Balaban J connectivity index is 2.39. The van der Waals surface area contributed by atoms with Crippen LogP contribution in [0.3, 0.4) is 0 Å². The number of nitrogens with two attached hydrogens (primary N) is 1. The molecule has 0 fully saturated rings. The maximum atomic E-state index is 13.4. The molecule has 0 heterocycles. The van der Waals surface area contributed by atoms with Crippen LogP contribution in [-0.2, 0) is 13.0 Å². The van der Waals surface area contributed by atoms with E-state index in [1.165, 1.54) is 18.2 Å². The second-order valence-corrected chi connectivity index (χ2v) is 4.51. The molecule has 0 radical (unpaired) electrons. The van der Waals surface area contributed by atoms with Gasteiger partial charge in [0.15, 0.2) is 0 Å². The maximum absolute atomic E-state index is 13.4. The van der Waals surface area contributed by atoms with Crippen LogP contribution >= 0.6 is 0 Å². The van der Waals surface area contributed by atoms with E-state index in [-0.39, 0.29) is 23.7 Å². The summed E-state index contributed by atoms with van der Waals surface area (Å²) >= 11 is 0. The standard InChI is InChI=1S/C15H15FN2O3/c1-2-10-3-4-15(14(7-10)18(19)20)21-13-6-11(9-17)5-12(16)8-13/h3-8H,2,9,17H2,1H3. The van der Waals surface area contributed by atoms with Crippen LogP contribution in [0.2, 0.25) is 0 Å². The highest BCUT2D eigenvalue weighted by atomic mass is 19.1. The van der Waals surface area contributed by atoms with Crippen LogP contribution in [0.15, 0.2) is 36.4 Å². The fraction of sp³-hybridized carbons (Fsp3) is 0.200. The zero-order valence-electron chi connectivity index (χ0n) is 11.5. The van der Waals surface area contributed by atoms with Crippen molar-refractivity contribution < 1.29 is 14.1 Å². The number of nitrogens with zero attached hydrogens (tertiary/aromatic N) is 1. The molecule has 0 atom stereocenters. The summed E-state index contributed by atoms with van der Waals surface area (Å²) in [7, 11) is 0. The highest BCUT2D eigenvalue weighted by molar-refractivity contribution is 5.50. The summed E-state index contributed by atoms with van der Waals surface area (Å²) in [6.07, 6.45) is 0.679. The van der Waals surface area contributed by atoms with Crippen molar-refractivity contribution in [3.8, 4) is 11.5 Å². The topological polar surface area (TPSA) is 78.4 Å². The number of nitro groups is 1. The SMILES string of the molecule is CCc1ccc(Oc2cc(F)cc(CN)c2)c([N+](=O)[O-])c1. The van der Waals surface area contributed by atoms with Crippen LogP contribution in [0.5, 0.6) is 11.5 Å². The number of aryl methyl sites for hydroxylation is 1. The Hall–Kier alpha value is -2.47. The van der Waals surface area contributed by atoms with Gasteiger partial charge in [0.1, 0.15) is 11.6 Å². The van der Waals surface area contributed by atoms with E-state index in [1.807, 2.05) is 6.92 Å². The quantitative estimate of drug-likeness (QED) is 0.674. The fourth-order valence-corrected chi connectivity index (χ4v) is 1.94. The maximum Gasteiger partial charge on any atom is 0.311 e. The molecule has 0 saturated carbocycles. The first-order valence-corrected chi connectivity index (χ1v) is 6.48. The molecule has 0 aliphatic carbocycles. The van der Waals surface area contributed by atoms with Crippen LogP contribution in [0.25, 0.3) is 0 Å². The van der Waals surface area contributed by atoms with E-state index < -0.39 is 10.7 Å². The number of hydrogen-bond donors (Lipinski definition) is 1. The summed E-state index contributed by atoms with van der Waals surface area (Å²) in [4.78, 5) is 10.6. The Morgan fingerprint density at radius 2 is 2.00 bits per heavy atom. The van der Waals surface area contributed by atoms with E-state index in [0.717, 1.165) is 11.6 Å². The largest absolute Gasteiger partial charge is 0.450 e. The van der Waals surface area contributed by atoms with Crippen molar-refractivity contribution in [3.63, 3.8) is 0 Å². The lowest BCUT2D eigenvalue weighted by Crippen LogP contribution is -1.99. The van der Waals surface area contributed by atoms with Crippen molar-refractivity contribution in [3.05, 3.63) is 63.5 Å². The Morgan fingerprint density at radius 1 is 1.24 bits per heavy atom. The van der Waals surface area contributed by atoms with Gasteiger partial charge in [-0.05, 0) is 35.7 Å². The third kappa shape index (κ3) is 3.55. The molecule has 110 valence electrons. The first-order valence-electron chi connectivity index (χ1n) is 6.48. The molecule has 2 N–H and O–H groups in total. The molecule has 21 heavy (non-hydrogen) atoms. The van der Waals surface area contributed by atoms with Gasteiger partial charge in [0.2, 0.25) is 5.75 Å². The molecule has 0 saturated heterocycles. The normalized spacial score (nSPS) is 10.4. The van der Waals surface area contributed by atoms with Gasteiger partial charge in [0.25, 0.3) is 0 Å². The van der Waals surface area contributed by atoms with Gasteiger partial charge in [-0.15, -0.1) is 0 Å². The van der Waals surface area contributed by atoms with Gasteiger partial charge in [-0.25, -0.2) is 4.39 Å². The first kappa shape index (κ1) is 14.9. The Kier molecular flexibility index (Phi) is 4.49. The minimum Gasteiger partial charge on any atom is -0.450 e. The molecule has 0 bridgehead atoms. The Bertz CT molecular complexity index is 674. The van der Waals surface area contributed by atoms with Crippen molar-refractivity contribution in [1.82, 2.24) is 0 Å². The van der Waals surface area contributed by atoms with Crippen molar-refractivity contribution in [2.45, 2.75) is 19.9 Å². The van der Waals surface area contributed by atoms with Crippen molar-refractivity contribution in [2.75, 3.05) is 0 Å². The molecule has 0 spiro atoms. The average Bonchev–Trinajstić information content (AvgIpc) is 2.46. The molecular weight excluding hydrogens is 275 g/mol. The van der Waals surface area contributed by atoms with E-state index >= 15 is 0 Å². The molecule has 0 amide bonds. The van der Waals surface area contributed by atoms with Crippen LogP contribution < -0.4 is 10.5 Å². The summed E-state index contributed by atoms with van der Waals surface area (Å²) in [5.74, 6) is -0.241. The molecule has 6 heteroatoms. The van der Waals surface area contributed by atoms with Gasteiger partial charge >= 0.3 is 5.69 Å². The van der Waals surface area contributed by atoms with E-state index in [4.69, 9.17) is 10.5 Å². The Morgan fingerprint density at radius 3 is 2.62 bits per heavy atom. The number of ether oxygens (including phenoxy) is 1. The van der Waals surface area contributed by atoms with Crippen LogP contribution in [-0.4, -0.2) is 4.92 Å². The summed E-state index contributed by atoms with van der Waals surface area (Å²) < 4.78 is 18.9. The van der Waals surface area contributed by atoms with Gasteiger partial charge < -0.3 is 10.5 Å². The number of nitro benzene ring substituents is 1. The third-order valence-electron chi connectivity index (χ3n) is 3.02. The number of benzene rings is 2. The minimum atomic E-state index is -0.516. The predicted molar refractivity (Wildman–Crippen MR) is 76.8 cm³/mol. The molecule has 0 aromatic heterocycles. The van der Waals surface area contributed by atoms with Gasteiger partial charge in [-0.1, -0.05) is 13.0 Å². The van der Waals surface area contributed by atoms with Crippen LogP contribution in [0, 0.1) is 15.9 Å². The van der Waals surface area contributed by atoms with Crippen molar-refractivity contribution in [2.24, 2.45) is 5.73 Å². The van der Waals surface area contributed by atoms with Gasteiger partial charge in [-0.2, -0.15) is 0 Å². The van der Waals surface area contributed by atoms with Crippen LogP contribution in [0.1, 0.15) is 18.1 Å². The van der Waals surface area contributed by atoms with E-state index in [9.17, 15) is 14.5 Å². The zero-order valence-corrected chi connectivity index (χ0v) is 11.5. The van der Waals surface area contributed by atoms with Gasteiger partial charge in [0.05, 0.1) is 4.92 Å². The Labute approximate surface area is 121 Å². The fourth-order valence-electron chi connectivity index (χ4n) is 1.94. The first-order chi connectivity index (χ1) is 10.0. The lowest BCUT2D eigenvalue weighted by Gasteiger charge is -2.09. The molecule has 2 rings (SSSR count). The average molecular weight is 290 g/mol. The second kappa shape index (κ2) is 6.32. The van der Waals surface area contributed by atoms with Crippen molar-refractivity contribution in [1.29, 1.82) is 0 Å². The van der Waals surface area contributed by atoms with Gasteiger partial charge in [0, 0.05) is 18.7 Å². The minimum absolute atomic E-state index is 0.0748. The number of hydrogen-bond acceptors (Lipinski definition) is 4. The number of rotatable bonds is 5. The molecule has 0 unspecified atom stereocenters. The summed E-state index contributed by atoms with van der Waals surface area (Å²) in [5, 5.41) is 11.1. The molecule has 5 nitrogen and oxygen atoms in total. The molecule has 0 aliphatic heterocycles. The number of halogens is 1. The molecule has 0 aliphatic rings. The van der Waals surface area contributed by atoms with E-state index in [2.05, 4.69) is 0 Å². The smallest absolute Gasteiger partial charge is 0.311 e. The monoisotopic (exact) mass is 290 g/mol. The van der Waals surface area contributed by atoms with E-state index in [0.29, 0.717) is 12.0 Å². The van der Waals surface area contributed by atoms with E-state index in [1.54, 1.807) is 12.1 Å².